The van der Waals surface area contributed by atoms with Gasteiger partial charge in [0, 0.05) is 21.7 Å². The van der Waals surface area contributed by atoms with E-state index in [1.54, 1.807) is 54.7 Å². The summed E-state index contributed by atoms with van der Waals surface area (Å²) in [6.45, 7) is 48.2. The standard InChI is InChI=1S/C30H37F/c1-13-25(31)27(17-5,18-6)29(21-9,22-10)30(23-11,24-12)28(19-7,20-8)26(14-2,15-3)16-4/h13-25H,1-12H2. The Hall–Kier alpha value is -3.19. The zero-order chi connectivity index (χ0) is 24.6. The average molecular weight is 417 g/mol. The third kappa shape index (κ3) is 3.03. The van der Waals surface area contributed by atoms with Crippen LogP contribution in [0.3, 0.4) is 0 Å². The number of allylic oxidation sites excluding steroid dienone is 12. The molecular formula is C30H37F. The molecule has 0 radical (unpaired) electrons. The lowest BCUT2D eigenvalue weighted by Gasteiger charge is -2.64. The van der Waals surface area contributed by atoms with Crippen LogP contribution in [0.2, 0.25) is 0 Å². The molecule has 0 aromatic rings. The van der Waals surface area contributed by atoms with Crippen molar-refractivity contribution in [1.82, 2.24) is 0 Å². The predicted octanol–water partition coefficient (Wildman–Crippen LogP) is 8.49. The van der Waals surface area contributed by atoms with Crippen LogP contribution in [0.1, 0.15) is 0 Å². The van der Waals surface area contributed by atoms with Crippen LogP contribution in [0.25, 0.3) is 0 Å². The van der Waals surface area contributed by atoms with E-state index in [4.69, 9.17) is 0 Å². The molecule has 0 amide bonds. The van der Waals surface area contributed by atoms with E-state index in [2.05, 4.69) is 78.9 Å². The molecule has 0 aliphatic carbocycles. The number of hydrogen-bond donors (Lipinski definition) is 0. The van der Waals surface area contributed by atoms with Gasteiger partial charge in [-0.2, -0.15) is 0 Å². The summed E-state index contributed by atoms with van der Waals surface area (Å²) in [5.74, 6) is 0. The third-order valence-corrected chi connectivity index (χ3v) is 7.09. The smallest absolute Gasteiger partial charge is 0.132 e. The summed E-state index contributed by atoms with van der Waals surface area (Å²) in [7, 11) is 0. The van der Waals surface area contributed by atoms with Gasteiger partial charge in [0.1, 0.15) is 6.17 Å². The molecule has 0 aliphatic rings. The van der Waals surface area contributed by atoms with E-state index in [9.17, 15) is 0 Å². The molecule has 1 unspecified atom stereocenters. The number of rotatable bonds is 17. The van der Waals surface area contributed by atoms with Gasteiger partial charge in [-0.1, -0.05) is 72.9 Å². The van der Waals surface area contributed by atoms with Crippen LogP contribution in [0.4, 0.5) is 4.39 Å². The molecule has 1 heteroatoms. The van der Waals surface area contributed by atoms with Crippen molar-refractivity contribution in [1.29, 1.82) is 0 Å². The van der Waals surface area contributed by atoms with Crippen LogP contribution in [0, 0.1) is 27.1 Å². The fourth-order valence-corrected chi connectivity index (χ4v) is 5.19. The molecule has 164 valence electrons. The Morgan fingerprint density at radius 1 is 0.419 bits per heavy atom. The molecule has 0 spiro atoms. The Morgan fingerprint density at radius 2 is 0.742 bits per heavy atom. The molecule has 0 nitrogen and oxygen atoms in total. The van der Waals surface area contributed by atoms with E-state index in [1.807, 2.05) is 0 Å². The second-order valence-corrected chi connectivity index (χ2v) is 7.36. The van der Waals surface area contributed by atoms with E-state index in [0.29, 0.717) is 0 Å². The SMILES string of the molecule is C=CC(F)C(C=C)(C=C)C(C=C)(C=C)C(C=C)(C=C)C(C=C)(C=C)C(C=C)(C=C)C=C. The first kappa shape index (κ1) is 27.8. The molecular weight excluding hydrogens is 379 g/mol. The molecule has 31 heavy (non-hydrogen) atoms. The summed E-state index contributed by atoms with van der Waals surface area (Å²) in [6, 6.07) is 0. The van der Waals surface area contributed by atoms with Crippen LogP contribution >= 0.6 is 0 Å². The zero-order valence-electron chi connectivity index (χ0n) is 18.9. The summed E-state index contributed by atoms with van der Waals surface area (Å²) in [5, 5.41) is 0. The first-order valence-corrected chi connectivity index (χ1v) is 9.91. The van der Waals surface area contributed by atoms with Crippen LogP contribution < -0.4 is 0 Å². The Labute approximate surface area is 189 Å². The molecule has 0 bridgehead atoms. The van der Waals surface area contributed by atoms with Crippen molar-refractivity contribution in [3.63, 3.8) is 0 Å². The van der Waals surface area contributed by atoms with Crippen molar-refractivity contribution in [2.24, 2.45) is 27.1 Å². The van der Waals surface area contributed by atoms with E-state index >= 15 is 4.39 Å². The first-order chi connectivity index (χ1) is 14.6. The number of hydrogen-bond acceptors (Lipinski definition) is 0. The molecule has 0 rings (SSSR count). The Bertz CT molecular complexity index is 762. The molecule has 0 N–H and O–H groups in total. The highest BCUT2D eigenvalue weighted by atomic mass is 19.1. The maximum Gasteiger partial charge on any atom is 0.132 e. The molecule has 1 atom stereocenters. The lowest BCUT2D eigenvalue weighted by molar-refractivity contribution is 0.00106. The predicted molar refractivity (Wildman–Crippen MR) is 139 cm³/mol. The second kappa shape index (κ2) is 10.2. The van der Waals surface area contributed by atoms with Gasteiger partial charge < -0.3 is 0 Å². The van der Waals surface area contributed by atoms with Crippen molar-refractivity contribution < 1.29 is 4.39 Å². The highest BCUT2D eigenvalue weighted by Gasteiger charge is 2.67. The van der Waals surface area contributed by atoms with E-state index in [-0.39, 0.29) is 0 Å². The summed E-state index contributed by atoms with van der Waals surface area (Å²) in [4.78, 5) is 0. The molecule has 0 aliphatic heterocycles. The largest absolute Gasteiger partial charge is 0.242 e. The first-order valence-electron chi connectivity index (χ1n) is 9.91. The fraction of sp³-hybridized carbons (Fsp3) is 0.200. The maximum absolute atomic E-state index is 15.7. The van der Waals surface area contributed by atoms with Gasteiger partial charge in [0.05, 0.1) is 5.41 Å². The average Bonchev–Trinajstić information content (AvgIpc) is 2.83. The fourth-order valence-electron chi connectivity index (χ4n) is 5.19. The molecule has 0 saturated carbocycles. The number of halogens is 1. The molecule has 0 aromatic heterocycles. The minimum Gasteiger partial charge on any atom is -0.242 e. The third-order valence-electron chi connectivity index (χ3n) is 7.09. The lowest BCUT2D eigenvalue weighted by Crippen LogP contribution is -2.61. The Balaban J connectivity index is 8.40. The Kier molecular flexibility index (Phi) is 9.17. The topological polar surface area (TPSA) is 0 Å². The molecule has 0 aromatic carbocycles. The van der Waals surface area contributed by atoms with Crippen molar-refractivity contribution in [3.05, 3.63) is 152 Å². The van der Waals surface area contributed by atoms with Gasteiger partial charge in [-0.3, -0.25) is 0 Å². The van der Waals surface area contributed by atoms with Crippen LogP contribution in [-0.2, 0) is 0 Å². The quantitative estimate of drug-likeness (QED) is 0.209. The second-order valence-electron chi connectivity index (χ2n) is 7.36. The van der Waals surface area contributed by atoms with E-state index < -0.39 is 33.2 Å². The summed E-state index contributed by atoms with van der Waals surface area (Å²) in [6.07, 6.45) is 17.7. The lowest BCUT2D eigenvalue weighted by atomic mass is 9.37. The summed E-state index contributed by atoms with van der Waals surface area (Å²) in [5.41, 5.74) is -6.03. The van der Waals surface area contributed by atoms with Gasteiger partial charge in [-0.25, -0.2) is 4.39 Å². The van der Waals surface area contributed by atoms with Crippen LogP contribution in [-0.4, -0.2) is 6.17 Å². The van der Waals surface area contributed by atoms with Crippen LogP contribution in [0.15, 0.2) is 152 Å². The highest BCUT2D eigenvalue weighted by Crippen LogP contribution is 2.70. The van der Waals surface area contributed by atoms with Crippen molar-refractivity contribution >= 4 is 0 Å². The van der Waals surface area contributed by atoms with E-state index in [0.717, 1.165) is 0 Å². The van der Waals surface area contributed by atoms with E-state index in [1.165, 1.54) is 18.2 Å². The van der Waals surface area contributed by atoms with Crippen molar-refractivity contribution in [2.75, 3.05) is 0 Å². The van der Waals surface area contributed by atoms with Crippen molar-refractivity contribution in [2.45, 2.75) is 6.17 Å². The van der Waals surface area contributed by atoms with Gasteiger partial charge in [0.15, 0.2) is 0 Å². The van der Waals surface area contributed by atoms with Gasteiger partial charge in [0.25, 0.3) is 0 Å². The van der Waals surface area contributed by atoms with Crippen LogP contribution in [0.5, 0.6) is 0 Å². The number of alkyl halides is 1. The van der Waals surface area contributed by atoms with Crippen molar-refractivity contribution in [3.8, 4) is 0 Å². The highest BCUT2D eigenvalue weighted by molar-refractivity contribution is 5.48. The summed E-state index contributed by atoms with van der Waals surface area (Å²) >= 11 is 0. The summed E-state index contributed by atoms with van der Waals surface area (Å²) < 4.78 is 15.7. The molecule has 0 fully saturated rings. The van der Waals surface area contributed by atoms with Gasteiger partial charge in [0.2, 0.25) is 0 Å². The molecule has 0 saturated heterocycles. The minimum absolute atomic E-state index is 0.968. The zero-order valence-corrected chi connectivity index (χ0v) is 18.9. The van der Waals surface area contributed by atoms with Gasteiger partial charge in [-0.15, -0.1) is 78.9 Å². The molecule has 0 heterocycles. The van der Waals surface area contributed by atoms with Gasteiger partial charge >= 0.3 is 0 Å². The van der Waals surface area contributed by atoms with Gasteiger partial charge in [-0.05, 0) is 0 Å². The Morgan fingerprint density at radius 3 is 0.935 bits per heavy atom. The minimum atomic E-state index is -1.59. The monoisotopic (exact) mass is 416 g/mol. The maximum atomic E-state index is 15.7. The normalized spacial score (nSPS) is 13.5.